The first-order valence-electron chi connectivity index (χ1n) is 9.71. The first kappa shape index (κ1) is 20.7. The van der Waals surface area contributed by atoms with Crippen molar-refractivity contribution in [3.63, 3.8) is 0 Å². The number of fused-ring (bicyclic) bond motifs is 1. The van der Waals surface area contributed by atoms with Crippen LogP contribution < -0.4 is 14.4 Å². The van der Waals surface area contributed by atoms with Gasteiger partial charge in [0.25, 0.3) is 0 Å². The molecular weight excluding hydrogens is 422 g/mol. The van der Waals surface area contributed by atoms with Gasteiger partial charge in [-0.05, 0) is 39.9 Å². The summed E-state index contributed by atoms with van der Waals surface area (Å²) in [5.74, 6) is 1.99. The largest absolute Gasteiger partial charge is 0.486 e. The second-order valence-corrected chi connectivity index (χ2v) is 9.19. The summed E-state index contributed by atoms with van der Waals surface area (Å²) in [5.41, 5.74) is 0.778. The molecule has 0 aliphatic carbocycles. The fourth-order valence-corrected chi connectivity index (χ4v) is 4.50. The summed E-state index contributed by atoms with van der Waals surface area (Å²) in [7, 11) is 0. The number of benzene rings is 1. The normalized spacial score (nSPS) is 12.9. The summed E-state index contributed by atoms with van der Waals surface area (Å²) in [6.07, 6.45) is 0. The monoisotopic (exact) mass is 445 g/mol. The quantitative estimate of drug-likeness (QED) is 0.491. The molecule has 2 aromatic heterocycles. The van der Waals surface area contributed by atoms with Crippen LogP contribution in [0.5, 0.6) is 11.5 Å². The molecule has 1 aliphatic heterocycles. The number of carbonyl (C=O) groups excluding carboxylic acids is 1. The third kappa shape index (κ3) is 4.93. The standard InChI is InChI=1S/C20H23N5O3S2/c1-14(2)11-25-20(21-22-23-25)30-13-19(26)24(12-16-4-3-9-29-16)15-5-6-17-18(10-15)28-8-7-27-17/h3-6,9-10,14H,7-8,11-13H2,1-2H3. The molecule has 0 fully saturated rings. The number of amides is 1. The van der Waals surface area contributed by atoms with E-state index in [1.165, 1.54) is 11.8 Å². The minimum atomic E-state index is -0.0239. The molecule has 0 N–H and O–H groups in total. The van der Waals surface area contributed by atoms with E-state index in [1.807, 2.05) is 35.7 Å². The van der Waals surface area contributed by atoms with Crippen molar-refractivity contribution in [2.24, 2.45) is 5.92 Å². The Bertz CT molecular complexity index is 990. The van der Waals surface area contributed by atoms with Crippen molar-refractivity contribution in [3.8, 4) is 11.5 Å². The highest BCUT2D eigenvalue weighted by atomic mass is 32.2. The molecule has 1 aliphatic rings. The Morgan fingerprint density at radius 3 is 2.87 bits per heavy atom. The summed E-state index contributed by atoms with van der Waals surface area (Å²) in [5, 5.41) is 14.5. The lowest BCUT2D eigenvalue weighted by atomic mass is 10.2. The van der Waals surface area contributed by atoms with Crippen molar-refractivity contribution in [2.45, 2.75) is 32.1 Å². The lowest BCUT2D eigenvalue weighted by Gasteiger charge is -2.25. The lowest BCUT2D eigenvalue weighted by molar-refractivity contribution is -0.116. The van der Waals surface area contributed by atoms with E-state index in [-0.39, 0.29) is 11.7 Å². The average molecular weight is 446 g/mol. The van der Waals surface area contributed by atoms with Crippen molar-refractivity contribution in [1.82, 2.24) is 20.2 Å². The Labute approximate surface area is 183 Å². The summed E-state index contributed by atoms with van der Waals surface area (Å²) in [4.78, 5) is 16.1. The van der Waals surface area contributed by atoms with Gasteiger partial charge >= 0.3 is 0 Å². The molecule has 0 bridgehead atoms. The van der Waals surface area contributed by atoms with E-state index in [0.717, 1.165) is 10.6 Å². The maximum absolute atomic E-state index is 13.2. The van der Waals surface area contributed by atoms with Crippen LogP contribution in [0.25, 0.3) is 0 Å². The molecule has 10 heteroatoms. The molecule has 0 saturated heterocycles. The maximum atomic E-state index is 13.2. The van der Waals surface area contributed by atoms with Gasteiger partial charge in [0.1, 0.15) is 13.2 Å². The van der Waals surface area contributed by atoms with Gasteiger partial charge in [-0.15, -0.1) is 16.4 Å². The van der Waals surface area contributed by atoms with Crippen molar-refractivity contribution >= 4 is 34.7 Å². The molecule has 0 atom stereocenters. The second-order valence-electron chi connectivity index (χ2n) is 7.21. The topological polar surface area (TPSA) is 82.4 Å². The third-order valence-electron chi connectivity index (χ3n) is 4.39. The van der Waals surface area contributed by atoms with E-state index in [9.17, 15) is 4.79 Å². The van der Waals surface area contributed by atoms with Crippen LogP contribution in [0.1, 0.15) is 18.7 Å². The zero-order chi connectivity index (χ0) is 20.9. The molecule has 0 saturated carbocycles. The van der Waals surface area contributed by atoms with Gasteiger partial charge in [0.05, 0.1) is 12.3 Å². The minimum absolute atomic E-state index is 0.0239. The lowest BCUT2D eigenvalue weighted by Crippen LogP contribution is -2.32. The Balaban J connectivity index is 1.52. The number of hydrogen-bond acceptors (Lipinski definition) is 8. The summed E-state index contributed by atoms with van der Waals surface area (Å²) >= 11 is 2.98. The zero-order valence-electron chi connectivity index (χ0n) is 16.9. The Morgan fingerprint density at radius 1 is 1.27 bits per heavy atom. The smallest absolute Gasteiger partial charge is 0.237 e. The number of aromatic nitrogens is 4. The van der Waals surface area contributed by atoms with Crippen molar-refractivity contribution in [1.29, 1.82) is 0 Å². The van der Waals surface area contributed by atoms with Gasteiger partial charge in [-0.25, -0.2) is 4.68 Å². The Morgan fingerprint density at radius 2 is 2.10 bits per heavy atom. The van der Waals surface area contributed by atoms with E-state index in [1.54, 1.807) is 20.9 Å². The second kappa shape index (κ2) is 9.48. The molecule has 8 nitrogen and oxygen atoms in total. The van der Waals surface area contributed by atoms with Gasteiger partial charge in [0, 0.05) is 23.2 Å². The van der Waals surface area contributed by atoms with Crippen LogP contribution in [0.15, 0.2) is 40.9 Å². The highest BCUT2D eigenvalue weighted by molar-refractivity contribution is 7.99. The van der Waals surface area contributed by atoms with Gasteiger partial charge in [0.2, 0.25) is 11.1 Å². The molecule has 0 spiro atoms. The van der Waals surface area contributed by atoms with Gasteiger partial charge < -0.3 is 14.4 Å². The third-order valence-corrected chi connectivity index (χ3v) is 6.20. The summed E-state index contributed by atoms with van der Waals surface area (Å²) in [6, 6.07) is 9.63. The number of thiophene rings is 1. The molecule has 4 rings (SSSR count). The molecule has 0 unspecified atom stereocenters. The Hall–Kier alpha value is -2.59. The maximum Gasteiger partial charge on any atom is 0.237 e. The number of carbonyl (C=O) groups is 1. The van der Waals surface area contributed by atoms with Crippen LogP contribution in [0, 0.1) is 5.92 Å². The van der Waals surface area contributed by atoms with Crippen molar-refractivity contribution in [3.05, 3.63) is 40.6 Å². The number of anilines is 1. The molecule has 0 radical (unpaired) electrons. The molecule has 158 valence electrons. The molecule has 1 aromatic carbocycles. The summed E-state index contributed by atoms with van der Waals surface area (Å²) < 4.78 is 13.1. The van der Waals surface area contributed by atoms with E-state index in [2.05, 4.69) is 29.4 Å². The first-order valence-corrected chi connectivity index (χ1v) is 11.6. The summed E-state index contributed by atoms with van der Waals surface area (Å²) in [6.45, 7) is 6.45. The van der Waals surface area contributed by atoms with E-state index in [0.29, 0.717) is 48.9 Å². The van der Waals surface area contributed by atoms with Gasteiger partial charge in [-0.2, -0.15) is 0 Å². The predicted octanol–water partition coefficient (Wildman–Crippen LogP) is 3.49. The average Bonchev–Trinajstić information content (AvgIpc) is 3.41. The van der Waals surface area contributed by atoms with E-state index < -0.39 is 0 Å². The first-order chi connectivity index (χ1) is 14.6. The number of tetrazole rings is 1. The van der Waals surface area contributed by atoms with Crippen LogP contribution in [-0.2, 0) is 17.9 Å². The van der Waals surface area contributed by atoms with Crippen LogP contribution in [0.4, 0.5) is 5.69 Å². The van der Waals surface area contributed by atoms with Crippen LogP contribution in [0.2, 0.25) is 0 Å². The molecule has 30 heavy (non-hydrogen) atoms. The van der Waals surface area contributed by atoms with Crippen LogP contribution in [0.3, 0.4) is 0 Å². The van der Waals surface area contributed by atoms with Crippen molar-refractivity contribution in [2.75, 3.05) is 23.9 Å². The van der Waals surface area contributed by atoms with E-state index in [4.69, 9.17) is 9.47 Å². The number of rotatable bonds is 8. The van der Waals surface area contributed by atoms with E-state index >= 15 is 0 Å². The number of nitrogens with zero attached hydrogens (tertiary/aromatic N) is 5. The zero-order valence-corrected chi connectivity index (χ0v) is 18.5. The highest BCUT2D eigenvalue weighted by Crippen LogP contribution is 2.35. The van der Waals surface area contributed by atoms with Gasteiger partial charge in [0.15, 0.2) is 11.5 Å². The number of thioether (sulfide) groups is 1. The minimum Gasteiger partial charge on any atom is -0.486 e. The van der Waals surface area contributed by atoms with Crippen molar-refractivity contribution < 1.29 is 14.3 Å². The fourth-order valence-electron chi connectivity index (χ4n) is 3.05. The van der Waals surface area contributed by atoms with Crippen LogP contribution >= 0.6 is 23.1 Å². The van der Waals surface area contributed by atoms with Gasteiger partial charge in [-0.1, -0.05) is 31.7 Å². The fraction of sp³-hybridized carbons (Fsp3) is 0.400. The predicted molar refractivity (Wildman–Crippen MR) is 116 cm³/mol. The SMILES string of the molecule is CC(C)Cn1nnnc1SCC(=O)N(Cc1cccs1)c1ccc2c(c1)OCCO2. The molecule has 3 heterocycles. The van der Waals surface area contributed by atoms with Gasteiger partial charge in [-0.3, -0.25) is 4.79 Å². The highest BCUT2D eigenvalue weighted by Gasteiger charge is 2.21. The number of hydrogen-bond donors (Lipinski definition) is 0. The molecular formula is C20H23N5O3S2. The molecule has 3 aromatic rings. The Kier molecular flexibility index (Phi) is 6.53. The molecule has 1 amide bonds. The number of ether oxygens (including phenoxy) is 2. The van der Waals surface area contributed by atoms with Crippen LogP contribution in [-0.4, -0.2) is 45.1 Å².